The van der Waals surface area contributed by atoms with Crippen LogP contribution in [0.5, 0.6) is 11.5 Å². The molecule has 2 aromatic rings. The van der Waals surface area contributed by atoms with Gasteiger partial charge in [-0.25, -0.2) is 0 Å². The zero-order chi connectivity index (χ0) is 21.4. The summed E-state index contributed by atoms with van der Waals surface area (Å²) in [5, 5.41) is 13.0. The molecule has 0 atom stereocenters. The summed E-state index contributed by atoms with van der Waals surface area (Å²) in [4.78, 5) is 12.6. The summed E-state index contributed by atoms with van der Waals surface area (Å²) in [6.45, 7) is 6.60. The molecule has 5 nitrogen and oxygen atoms in total. The van der Waals surface area contributed by atoms with Gasteiger partial charge in [-0.1, -0.05) is 36.2 Å². The van der Waals surface area contributed by atoms with E-state index in [9.17, 15) is 10.1 Å². The third-order valence-corrected chi connectivity index (χ3v) is 4.42. The van der Waals surface area contributed by atoms with E-state index in [-0.39, 0.29) is 5.57 Å². The summed E-state index contributed by atoms with van der Waals surface area (Å²) >= 11 is 12.3. The van der Waals surface area contributed by atoms with E-state index in [1.54, 1.807) is 30.3 Å². The predicted molar refractivity (Wildman–Crippen MR) is 117 cm³/mol. The van der Waals surface area contributed by atoms with Crippen molar-refractivity contribution < 1.29 is 14.3 Å². The molecule has 0 fully saturated rings. The Morgan fingerprint density at radius 2 is 1.97 bits per heavy atom. The number of rotatable bonds is 8. The molecule has 0 aromatic heterocycles. The van der Waals surface area contributed by atoms with Gasteiger partial charge < -0.3 is 14.8 Å². The minimum atomic E-state index is -0.543. The summed E-state index contributed by atoms with van der Waals surface area (Å²) in [7, 11) is 0. The topological polar surface area (TPSA) is 71.3 Å². The van der Waals surface area contributed by atoms with Gasteiger partial charge in [0.1, 0.15) is 11.6 Å². The zero-order valence-electron chi connectivity index (χ0n) is 16.5. The van der Waals surface area contributed by atoms with Crippen molar-refractivity contribution in [2.24, 2.45) is 0 Å². The van der Waals surface area contributed by atoms with Crippen molar-refractivity contribution in [1.29, 1.82) is 5.26 Å². The maximum Gasteiger partial charge on any atom is 0.266 e. The number of carbonyl (C=O) groups is 1. The van der Waals surface area contributed by atoms with Gasteiger partial charge in [-0.3, -0.25) is 4.79 Å². The molecule has 0 saturated heterocycles. The third-order valence-electron chi connectivity index (χ3n) is 3.91. The molecule has 0 spiro atoms. The number of halogens is 2. The molecular weight excluding hydrogens is 411 g/mol. The fourth-order valence-corrected chi connectivity index (χ4v) is 2.96. The Labute approximate surface area is 180 Å². The van der Waals surface area contributed by atoms with Gasteiger partial charge in [0.25, 0.3) is 5.91 Å². The van der Waals surface area contributed by atoms with Crippen LogP contribution in [0.4, 0.5) is 5.69 Å². The number of hydrogen-bond donors (Lipinski definition) is 1. The molecule has 0 saturated carbocycles. The second-order valence-electron chi connectivity index (χ2n) is 6.19. The van der Waals surface area contributed by atoms with Crippen LogP contribution < -0.4 is 14.8 Å². The summed E-state index contributed by atoms with van der Waals surface area (Å²) in [5.41, 5.74) is 1.85. The average Bonchev–Trinajstić information content (AvgIpc) is 2.68. The maximum absolute atomic E-state index is 12.6. The van der Waals surface area contributed by atoms with E-state index >= 15 is 0 Å². The molecule has 0 aliphatic rings. The Morgan fingerprint density at radius 3 is 2.62 bits per heavy atom. The molecular formula is C22H22Cl2N2O3. The predicted octanol–water partition coefficient (Wildman–Crippen LogP) is 6.04. The molecule has 1 amide bonds. The number of ether oxygens (including phenoxy) is 2. The van der Waals surface area contributed by atoms with Crippen molar-refractivity contribution in [1.82, 2.24) is 0 Å². The summed E-state index contributed by atoms with van der Waals surface area (Å²) in [6, 6.07) is 10.4. The molecule has 0 radical (unpaired) electrons. The lowest BCUT2D eigenvalue weighted by Gasteiger charge is -2.14. The van der Waals surface area contributed by atoms with Crippen molar-refractivity contribution in [2.45, 2.75) is 27.2 Å². The first-order valence-corrected chi connectivity index (χ1v) is 9.93. The summed E-state index contributed by atoms with van der Waals surface area (Å²) in [5.74, 6) is 0.367. The van der Waals surface area contributed by atoms with Crippen molar-refractivity contribution in [2.75, 3.05) is 18.5 Å². The number of nitrogens with one attached hydrogen (secondary N) is 1. The SMILES string of the molecule is CCCOc1c(Cl)cc(/C=C(\C#N)C(=O)Nc2cc(Cl)ccc2C)cc1OCC. The number of benzene rings is 2. The first-order chi connectivity index (χ1) is 13.9. The van der Waals surface area contributed by atoms with Crippen LogP contribution in [0.25, 0.3) is 6.08 Å². The van der Waals surface area contributed by atoms with E-state index in [1.165, 1.54) is 6.08 Å². The second-order valence-corrected chi connectivity index (χ2v) is 7.04. The molecule has 2 aromatic carbocycles. The number of aryl methyl sites for hydroxylation is 1. The number of hydrogen-bond acceptors (Lipinski definition) is 4. The Morgan fingerprint density at radius 1 is 1.21 bits per heavy atom. The van der Waals surface area contributed by atoms with Gasteiger partial charge in [0.15, 0.2) is 11.5 Å². The highest BCUT2D eigenvalue weighted by molar-refractivity contribution is 6.32. The molecule has 0 aliphatic heterocycles. The third kappa shape index (κ3) is 6.15. The van der Waals surface area contributed by atoms with E-state index in [0.29, 0.717) is 46.0 Å². The van der Waals surface area contributed by atoms with Crippen molar-refractivity contribution in [3.05, 3.63) is 57.1 Å². The first-order valence-electron chi connectivity index (χ1n) is 9.18. The Hall–Kier alpha value is -2.68. The zero-order valence-corrected chi connectivity index (χ0v) is 18.0. The summed E-state index contributed by atoms with van der Waals surface area (Å²) in [6.07, 6.45) is 2.28. The molecule has 0 heterocycles. The summed E-state index contributed by atoms with van der Waals surface area (Å²) < 4.78 is 11.3. The lowest BCUT2D eigenvalue weighted by atomic mass is 10.1. The van der Waals surface area contributed by atoms with Gasteiger partial charge in [-0.05, 0) is 61.7 Å². The molecule has 1 N–H and O–H groups in total. The highest BCUT2D eigenvalue weighted by Gasteiger charge is 2.15. The Bertz CT molecular complexity index is 965. The highest BCUT2D eigenvalue weighted by atomic mass is 35.5. The van der Waals surface area contributed by atoms with Gasteiger partial charge in [-0.2, -0.15) is 5.26 Å². The van der Waals surface area contributed by atoms with Crippen LogP contribution in [0.2, 0.25) is 10.0 Å². The van der Waals surface area contributed by atoms with Gasteiger partial charge in [-0.15, -0.1) is 0 Å². The molecule has 0 bridgehead atoms. The van der Waals surface area contributed by atoms with Gasteiger partial charge in [0, 0.05) is 10.7 Å². The van der Waals surface area contributed by atoms with E-state index in [4.69, 9.17) is 32.7 Å². The van der Waals surface area contributed by atoms with Crippen LogP contribution in [0.1, 0.15) is 31.4 Å². The minimum Gasteiger partial charge on any atom is -0.490 e. The number of anilines is 1. The lowest BCUT2D eigenvalue weighted by Crippen LogP contribution is -2.14. The number of nitrogens with zero attached hydrogens (tertiary/aromatic N) is 1. The second kappa shape index (κ2) is 10.8. The molecule has 2 rings (SSSR count). The normalized spacial score (nSPS) is 11.0. The fraction of sp³-hybridized carbons (Fsp3) is 0.273. The highest BCUT2D eigenvalue weighted by Crippen LogP contribution is 2.37. The molecule has 0 aliphatic carbocycles. The number of carbonyl (C=O) groups excluding carboxylic acids is 1. The first kappa shape index (κ1) is 22.6. The van der Waals surface area contributed by atoms with Crippen LogP contribution >= 0.6 is 23.2 Å². The molecule has 7 heteroatoms. The molecule has 29 heavy (non-hydrogen) atoms. The van der Waals surface area contributed by atoms with E-state index in [1.807, 2.05) is 26.8 Å². The van der Waals surface area contributed by atoms with Crippen LogP contribution in [0.3, 0.4) is 0 Å². The van der Waals surface area contributed by atoms with Gasteiger partial charge in [0.05, 0.1) is 18.2 Å². The smallest absolute Gasteiger partial charge is 0.266 e. The van der Waals surface area contributed by atoms with Crippen LogP contribution in [0.15, 0.2) is 35.9 Å². The quantitative estimate of drug-likeness (QED) is 0.407. The van der Waals surface area contributed by atoms with Crippen molar-refractivity contribution >= 4 is 40.9 Å². The number of amides is 1. The van der Waals surface area contributed by atoms with E-state index in [2.05, 4.69) is 5.32 Å². The van der Waals surface area contributed by atoms with E-state index in [0.717, 1.165) is 12.0 Å². The largest absolute Gasteiger partial charge is 0.490 e. The standard InChI is InChI=1S/C22H22Cl2N2O3/c1-4-8-29-21-18(24)10-15(11-20(21)28-5-2)9-16(13-25)22(27)26-19-12-17(23)7-6-14(19)3/h6-7,9-12H,4-5,8H2,1-3H3,(H,26,27)/b16-9+. The van der Waals surface area contributed by atoms with Crippen LogP contribution in [-0.4, -0.2) is 19.1 Å². The maximum atomic E-state index is 12.6. The molecule has 0 unspecified atom stereocenters. The van der Waals surface area contributed by atoms with Gasteiger partial charge >= 0.3 is 0 Å². The van der Waals surface area contributed by atoms with Crippen molar-refractivity contribution in [3.63, 3.8) is 0 Å². The minimum absolute atomic E-state index is 0.0786. The van der Waals surface area contributed by atoms with E-state index < -0.39 is 5.91 Å². The monoisotopic (exact) mass is 432 g/mol. The number of nitriles is 1. The fourth-order valence-electron chi connectivity index (χ4n) is 2.51. The molecule has 152 valence electrons. The average molecular weight is 433 g/mol. The Balaban J connectivity index is 2.35. The van der Waals surface area contributed by atoms with Gasteiger partial charge in [0.2, 0.25) is 0 Å². The van der Waals surface area contributed by atoms with Crippen LogP contribution in [0, 0.1) is 18.3 Å². The van der Waals surface area contributed by atoms with Crippen LogP contribution in [-0.2, 0) is 4.79 Å². The Kier molecular flexibility index (Phi) is 8.38. The van der Waals surface area contributed by atoms with Crippen molar-refractivity contribution in [3.8, 4) is 17.6 Å². The lowest BCUT2D eigenvalue weighted by molar-refractivity contribution is -0.112.